The van der Waals surface area contributed by atoms with Gasteiger partial charge in [-0.05, 0) is 12.8 Å². The minimum Gasteiger partial charge on any atom is -0.481 e. The van der Waals surface area contributed by atoms with Crippen molar-refractivity contribution in [2.24, 2.45) is 5.92 Å². The zero-order valence-electron chi connectivity index (χ0n) is 8.15. The fourth-order valence-electron chi connectivity index (χ4n) is 0.830. The molecule has 0 rings (SSSR count). The third-order valence-corrected chi connectivity index (χ3v) is 4.56. The van der Waals surface area contributed by atoms with Gasteiger partial charge in [-0.25, -0.2) is 8.42 Å². The highest BCUT2D eigenvalue weighted by Gasteiger charge is 2.24. The third-order valence-electron chi connectivity index (χ3n) is 2.11. The van der Waals surface area contributed by atoms with Crippen molar-refractivity contribution in [3.8, 4) is 0 Å². The number of hydrogen-bond acceptors (Lipinski definition) is 3. The lowest BCUT2D eigenvalue weighted by atomic mass is 10.2. The van der Waals surface area contributed by atoms with Crippen LogP contribution in [0.2, 0.25) is 0 Å². The molecule has 4 nitrogen and oxygen atoms in total. The van der Waals surface area contributed by atoms with E-state index in [1.165, 1.54) is 0 Å². The average molecular weight is 208 g/mol. The summed E-state index contributed by atoms with van der Waals surface area (Å²) in [6, 6.07) is 0. The van der Waals surface area contributed by atoms with Gasteiger partial charge in [0.2, 0.25) is 0 Å². The molecule has 0 amide bonds. The lowest BCUT2D eigenvalue weighted by Gasteiger charge is -2.15. The minimum atomic E-state index is -3.24. The Morgan fingerprint density at radius 3 is 2.08 bits per heavy atom. The van der Waals surface area contributed by atoms with Crippen molar-refractivity contribution in [2.45, 2.75) is 32.4 Å². The van der Waals surface area contributed by atoms with Gasteiger partial charge in [0.25, 0.3) is 0 Å². The van der Waals surface area contributed by atoms with E-state index in [-0.39, 0.29) is 18.1 Å². The van der Waals surface area contributed by atoms with E-state index in [1.54, 1.807) is 6.92 Å². The maximum atomic E-state index is 11.4. The highest BCUT2D eigenvalue weighted by molar-refractivity contribution is 7.92. The van der Waals surface area contributed by atoms with Gasteiger partial charge in [0, 0.05) is 0 Å². The van der Waals surface area contributed by atoms with Crippen molar-refractivity contribution in [3.05, 3.63) is 0 Å². The molecule has 0 aromatic rings. The van der Waals surface area contributed by atoms with Gasteiger partial charge < -0.3 is 5.11 Å². The van der Waals surface area contributed by atoms with E-state index in [9.17, 15) is 13.2 Å². The molecule has 5 heteroatoms. The first-order valence-electron chi connectivity index (χ1n) is 4.20. The second-order valence-electron chi connectivity index (χ2n) is 3.46. The van der Waals surface area contributed by atoms with Crippen LogP contribution in [0, 0.1) is 5.92 Å². The molecule has 78 valence electrons. The van der Waals surface area contributed by atoms with Crippen molar-refractivity contribution >= 4 is 15.8 Å². The zero-order chi connectivity index (χ0) is 10.6. The molecule has 13 heavy (non-hydrogen) atoms. The topological polar surface area (TPSA) is 71.4 Å². The van der Waals surface area contributed by atoms with Crippen LogP contribution >= 0.6 is 0 Å². The van der Waals surface area contributed by atoms with E-state index in [2.05, 4.69) is 0 Å². The Labute approximate surface area is 78.9 Å². The summed E-state index contributed by atoms with van der Waals surface area (Å²) < 4.78 is 22.8. The number of carbonyl (C=O) groups is 1. The van der Waals surface area contributed by atoms with Crippen LogP contribution in [0.25, 0.3) is 0 Å². The average Bonchev–Trinajstić information content (AvgIpc) is 1.99. The van der Waals surface area contributed by atoms with Gasteiger partial charge >= 0.3 is 5.97 Å². The molecule has 0 aliphatic heterocycles. The van der Waals surface area contributed by atoms with E-state index in [0.29, 0.717) is 0 Å². The lowest BCUT2D eigenvalue weighted by molar-refractivity contribution is -0.136. The zero-order valence-corrected chi connectivity index (χ0v) is 8.97. The summed E-state index contributed by atoms with van der Waals surface area (Å²) in [6.07, 6.45) is -0.306. The van der Waals surface area contributed by atoms with Gasteiger partial charge in [0.15, 0.2) is 9.84 Å². The molecule has 0 bridgehead atoms. The summed E-state index contributed by atoms with van der Waals surface area (Å²) in [7, 11) is -3.24. The van der Waals surface area contributed by atoms with Gasteiger partial charge in [-0.2, -0.15) is 0 Å². The van der Waals surface area contributed by atoms with Crippen LogP contribution in [-0.2, 0) is 14.6 Å². The maximum Gasteiger partial charge on any atom is 0.304 e. The smallest absolute Gasteiger partial charge is 0.304 e. The largest absolute Gasteiger partial charge is 0.481 e. The molecule has 0 saturated carbocycles. The number of carboxylic acids is 1. The molecule has 0 radical (unpaired) electrons. The summed E-state index contributed by atoms with van der Waals surface area (Å²) >= 11 is 0. The molecule has 1 N–H and O–H groups in total. The van der Waals surface area contributed by atoms with Crippen molar-refractivity contribution in [1.82, 2.24) is 0 Å². The minimum absolute atomic E-state index is 0.0267. The van der Waals surface area contributed by atoms with E-state index >= 15 is 0 Å². The Morgan fingerprint density at radius 1 is 1.31 bits per heavy atom. The Hall–Kier alpha value is -0.580. The van der Waals surface area contributed by atoms with Crippen molar-refractivity contribution < 1.29 is 18.3 Å². The van der Waals surface area contributed by atoms with Crippen LogP contribution in [0.3, 0.4) is 0 Å². The van der Waals surface area contributed by atoms with Crippen molar-refractivity contribution in [2.75, 3.05) is 5.75 Å². The molecule has 1 unspecified atom stereocenters. The van der Waals surface area contributed by atoms with E-state index in [1.807, 2.05) is 13.8 Å². The molecule has 0 saturated heterocycles. The Balaban J connectivity index is 4.32. The number of aliphatic carboxylic acids is 1. The third kappa shape index (κ3) is 4.26. The van der Waals surface area contributed by atoms with Crippen molar-refractivity contribution in [1.29, 1.82) is 0 Å². The fraction of sp³-hybridized carbons (Fsp3) is 0.875. The fourth-order valence-corrected chi connectivity index (χ4v) is 2.49. The summed E-state index contributed by atoms with van der Waals surface area (Å²) in [5.74, 6) is -1.31. The molecule has 1 atom stereocenters. The standard InChI is InChI=1S/C8H16O4S/c1-6(2)7(3)13(11,12)5-4-8(9)10/h6-7H,4-5H2,1-3H3,(H,9,10). The molecule has 0 aromatic carbocycles. The van der Waals surface area contributed by atoms with Gasteiger partial charge in [0.05, 0.1) is 17.4 Å². The van der Waals surface area contributed by atoms with Crippen LogP contribution in [-0.4, -0.2) is 30.5 Å². The molecule has 0 fully saturated rings. The van der Waals surface area contributed by atoms with Crippen LogP contribution in [0.1, 0.15) is 27.2 Å². The Bertz CT molecular complexity index is 266. The van der Waals surface area contributed by atoms with E-state index < -0.39 is 21.1 Å². The van der Waals surface area contributed by atoms with Gasteiger partial charge in [-0.15, -0.1) is 0 Å². The highest BCUT2D eigenvalue weighted by atomic mass is 32.2. The maximum absolute atomic E-state index is 11.4. The summed E-state index contributed by atoms with van der Waals surface area (Å²) in [5, 5.41) is 7.87. The van der Waals surface area contributed by atoms with Gasteiger partial charge in [-0.3, -0.25) is 4.79 Å². The first-order valence-corrected chi connectivity index (χ1v) is 5.92. The SMILES string of the molecule is CC(C)C(C)S(=O)(=O)CCC(=O)O. The number of sulfone groups is 1. The van der Waals surface area contributed by atoms with E-state index in [4.69, 9.17) is 5.11 Å². The second-order valence-corrected chi connectivity index (χ2v) is 5.94. The predicted octanol–water partition coefficient (Wildman–Crippen LogP) is 0.920. The molecule has 0 aromatic heterocycles. The first-order chi connectivity index (χ1) is 5.77. The summed E-state index contributed by atoms with van der Waals surface area (Å²) in [6.45, 7) is 5.23. The number of rotatable bonds is 5. The Morgan fingerprint density at radius 2 is 1.77 bits per heavy atom. The quantitative estimate of drug-likeness (QED) is 0.729. The monoisotopic (exact) mass is 208 g/mol. The summed E-state index contributed by atoms with van der Waals surface area (Å²) in [4.78, 5) is 10.2. The van der Waals surface area contributed by atoms with Crippen LogP contribution in [0.15, 0.2) is 0 Å². The Kier molecular flexibility index (Phi) is 4.39. The van der Waals surface area contributed by atoms with Crippen LogP contribution < -0.4 is 0 Å². The molecule has 0 aliphatic carbocycles. The molecule has 0 spiro atoms. The second kappa shape index (κ2) is 4.60. The normalized spacial score (nSPS) is 14.5. The van der Waals surface area contributed by atoms with Crippen LogP contribution in [0.4, 0.5) is 0 Å². The number of hydrogen-bond donors (Lipinski definition) is 1. The van der Waals surface area contributed by atoms with Gasteiger partial charge in [-0.1, -0.05) is 13.8 Å². The van der Waals surface area contributed by atoms with E-state index in [0.717, 1.165) is 0 Å². The highest BCUT2D eigenvalue weighted by Crippen LogP contribution is 2.13. The van der Waals surface area contributed by atoms with Gasteiger partial charge in [0.1, 0.15) is 0 Å². The lowest BCUT2D eigenvalue weighted by Crippen LogP contribution is -2.26. The predicted molar refractivity (Wildman–Crippen MR) is 50.3 cm³/mol. The van der Waals surface area contributed by atoms with Crippen LogP contribution in [0.5, 0.6) is 0 Å². The first kappa shape index (κ1) is 12.4. The summed E-state index contributed by atoms with van der Waals surface area (Å²) in [5.41, 5.74) is 0. The number of carboxylic acid groups (broad SMARTS) is 1. The molecular weight excluding hydrogens is 192 g/mol. The molecule has 0 heterocycles. The molecule has 0 aliphatic rings. The molecular formula is C8H16O4S. The van der Waals surface area contributed by atoms with Crippen molar-refractivity contribution in [3.63, 3.8) is 0 Å².